The second kappa shape index (κ2) is 5.03. The molecule has 0 amide bonds. The molecule has 1 aromatic heterocycles. The number of anilines is 1. The number of hydrogen-bond acceptors (Lipinski definition) is 5. The highest BCUT2D eigenvalue weighted by molar-refractivity contribution is 6.16. The lowest BCUT2D eigenvalue weighted by atomic mass is 10.3. The highest BCUT2D eigenvalue weighted by atomic mass is 35.5. The number of ether oxygens (including phenoxy) is 2. The SMILES string of the molecule is COC1CN(c2nc(CCl)co2)CC1OC. The first kappa shape index (κ1) is 11.7. The van der Waals surface area contributed by atoms with Gasteiger partial charge in [0, 0.05) is 14.2 Å². The number of nitrogens with zero attached hydrogens (tertiary/aromatic N) is 2. The fourth-order valence-corrected chi connectivity index (χ4v) is 1.98. The Morgan fingerprint density at radius 3 is 2.50 bits per heavy atom. The van der Waals surface area contributed by atoms with Gasteiger partial charge in [0.15, 0.2) is 0 Å². The van der Waals surface area contributed by atoms with E-state index in [0.717, 1.165) is 18.8 Å². The van der Waals surface area contributed by atoms with E-state index in [2.05, 4.69) is 4.98 Å². The molecule has 2 atom stereocenters. The van der Waals surface area contributed by atoms with Gasteiger partial charge in [0.1, 0.15) is 18.5 Å². The van der Waals surface area contributed by atoms with Crippen LogP contribution in [-0.4, -0.2) is 44.5 Å². The minimum atomic E-state index is 0.0522. The number of oxazole rings is 1. The number of aromatic nitrogens is 1. The first-order valence-electron chi connectivity index (χ1n) is 5.09. The standard InChI is InChI=1S/C10H15ClN2O3/c1-14-8-4-13(5-9(8)15-2)10-12-7(3-11)6-16-10/h6,8-9H,3-5H2,1-2H3. The van der Waals surface area contributed by atoms with Gasteiger partial charge in [-0.1, -0.05) is 0 Å². The summed E-state index contributed by atoms with van der Waals surface area (Å²) in [5, 5.41) is 0. The van der Waals surface area contributed by atoms with Crippen LogP contribution >= 0.6 is 11.6 Å². The number of alkyl halides is 1. The van der Waals surface area contributed by atoms with Crippen LogP contribution in [0.5, 0.6) is 0 Å². The summed E-state index contributed by atoms with van der Waals surface area (Å²) in [5.74, 6) is 0.360. The van der Waals surface area contributed by atoms with Crippen molar-refractivity contribution in [3.8, 4) is 0 Å². The summed E-state index contributed by atoms with van der Waals surface area (Å²) in [5.41, 5.74) is 0.742. The maximum Gasteiger partial charge on any atom is 0.297 e. The molecule has 16 heavy (non-hydrogen) atoms. The van der Waals surface area contributed by atoms with E-state index in [0.29, 0.717) is 11.9 Å². The van der Waals surface area contributed by atoms with Gasteiger partial charge in [-0.2, -0.15) is 4.98 Å². The van der Waals surface area contributed by atoms with Crippen molar-refractivity contribution in [2.75, 3.05) is 32.2 Å². The van der Waals surface area contributed by atoms with Crippen LogP contribution in [0.15, 0.2) is 10.7 Å². The second-order valence-electron chi connectivity index (χ2n) is 3.71. The van der Waals surface area contributed by atoms with Gasteiger partial charge in [0.25, 0.3) is 6.01 Å². The van der Waals surface area contributed by atoms with E-state index in [1.807, 2.05) is 4.90 Å². The first-order chi connectivity index (χ1) is 7.78. The Morgan fingerprint density at radius 2 is 2.06 bits per heavy atom. The highest BCUT2D eigenvalue weighted by Gasteiger charge is 2.35. The van der Waals surface area contributed by atoms with Crippen molar-refractivity contribution in [2.45, 2.75) is 18.1 Å². The van der Waals surface area contributed by atoms with Gasteiger partial charge in [-0.25, -0.2) is 0 Å². The molecule has 90 valence electrons. The van der Waals surface area contributed by atoms with Gasteiger partial charge < -0.3 is 18.8 Å². The number of halogens is 1. The molecule has 2 heterocycles. The van der Waals surface area contributed by atoms with Gasteiger partial charge in [-0.3, -0.25) is 0 Å². The lowest BCUT2D eigenvalue weighted by molar-refractivity contribution is -0.00461. The second-order valence-corrected chi connectivity index (χ2v) is 3.98. The highest BCUT2D eigenvalue weighted by Crippen LogP contribution is 2.23. The van der Waals surface area contributed by atoms with E-state index in [9.17, 15) is 0 Å². The Morgan fingerprint density at radius 1 is 1.44 bits per heavy atom. The lowest BCUT2D eigenvalue weighted by Crippen LogP contribution is -2.27. The summed E-state index contributed by atoms with van der Waals surface area (Å²) < 4.78 is 16.0. The fraction of sp³-hybridized carbons (Fsp3) is 0.700. The van der Waals surface area contributed by atoms with E-state index >= 15 is 0 Å². The summed E-state index contributed by atoms with van der Waals surface area (Å²) >= 11 is 5.67. The molecule has 2 rings (SSSR count). The Kier molecular flexibility index (Phi) is 3.68. The smallest absolute Gasteiger partial charge is 0.297 e. The fourth-order valence-electron chi connectivity index (χ4n) is 1.86. The number of methoxy groups -OCH3 is 2. The van der Waals surface area contributed by atoms with Crippen LogP contribution in [0, 0.1) is 0 Å². The van der Waals surface area contributed by atoms with E-state index in [4.69, 9.17) is 25.5 Å². The summed E-state index contributed by atoms with van der Waals surface area (Å²) in [4.78, 5) is 6.26. The van der Waals surface area contributed by atoms with Crippen LogP contribution in [0.25, 0.3) is 0 Å². The van der Waals surface area contributed by atoms with Crippen LogP contribution in [0.3, 0.4) is 0 Å². The van der Waals surface area contributed by atoms with Crippen molar-refractivity contribution in [1.29, 1.82) is 0 Å². The number of rotatable bonds is 4. The molecule has 0 saturated carbocycles. The predicted octanol–water partition coefficient (Wildman–Crippen LogP) is 1.26. The largest absolute Gasteiger partial charge is 0.432 e. The molecule has 1 aliphatic heterocycles. The lowest BCUT2D eigenvalue weighted by Gasteiger charge is -2.13. The third-order valence-electron chi connectivity index (χ3n) is 2.77. The first-order valence-corrected chi connectivity index (χ1v) is 5.62. The molecular weight excluding hydrogens is 232 g/mol. The maximum atomic E-state index is 5.67. The zero-order valence-electron chi connectivity index (χ0n) is 9.35. The average Bonchev–Trinajstić information content (AvgIpc) is 2.94. The van der Waals surface area contributed by atoms with Crippen LogP contribution < -0.4 is 4.90 Å². The molecule has 0 N–H and O–H groups in total. The van der Waals surface area contributed by atoms with Gasteiger partial charge in [-0.05, 0) is 0 Å². The van der Waals surface area contributed by atoms with Gasteiger partial charge in [0.2, 0.25) is 0 Å². The maximum absolute atomic E-state index is 5.67. The van der Waals surface area contributed by atoms with Gasteiger partial charge in [0.05, 0.1) is 24.7 Å². The van der Waals surface area contributed by atoms with E-state index in [1.165, 1.54) is 0 Å². The van der Waals surface area contributed by atoms with Crippen molar-refractivity contribution in [3.05, 3.63) is 12.0 Å². The summed E-state index contributed by atoms with van der Waals surface area (Å²) in [6.45, 7) is 1.44. The molecule has 0 aliphatic carbocycles. The molecule has 1 aromatic rings. The van der Waals surface area contributed by atoms with Crippen LogP contribution in [0.2, 0.25) is 0 Å². The van der Waals surface area contributed by atoms with Crippen molar-refractivity contribution < 1.29 is 13.9 Å². The van der Waals surface area contributed by atoms with E-state index in [-0.39, 0.29) is 12.2 Å². The molecule has 0 spiro atoms. The molecular formula is C10H15ClN2O3. The van der Waals surface area contributed by atoms with Crippen LogP contribution in [0.4, 0.5) is 6.01 Å². The molecule has 1 fully saturated rings. The molecule has 6 heteroatoms. The molecule has 0 aromatic carbocycles. The predicted molar refractivity (Wildman–Crippen MR) is 59.9 cm³/mol. The van der Waals surface area contributed by atoms with Crippen molar-refractivity contribution in [1.82, 2.24) is 4.98 Å². The third-order valence-corrected chi connectivity index (χ3v) is 3.04. The Labute approximate surface area is 99.3 Å². The zero-order valence-corrected chi connectivity index (χ0v) is 10.1. The Hall–Kier alpha value is -0.780. The van der Waals surface area contributed by atoms with Crippen molar-refractivity contribution in [2.24, 2.45) is 0 Å². The van der Waals surface area contributed by atoms with Crippen molar-refractivity contribution >= 4 is 17.6 Å². The average molecular weight is 247 g/mol. The minimum Gasteiger partial charge on any atom is -0.432 e. The summed E-state index contributed by atoms with van der Waals surface area (Å²) in [6.07, 6.45) is 1.68. The Balaban J connectivity index is 2.06. The molecule has 2 unspecified atom stereocenters. The topological polar surface area (TPSA) is 47.7 Å². The third kappa shape index (κ3) is 2.16. The van der Waals surface area contributed by atoms with Gasteiger partial charge in [-0.15, -0.1) is 11.6 Å². The molecule has 1 saturated heterocycles. The quantitative estimate of drug-likeness (QED) is 0.749. The zero-order chi connectivity index (χ0) is 11.5. The van der Waals surface area contributed by atoms with Gasteiger partial charge >= 0.3 is 0 Å². The van der Waals surface area contributed by atoms with Crippen LogP contribution in [0.1, 0.15) is 5.69 Å². The number of hydrogen-bond donors (Lipinski definition) is 0. The monoisotopic (exact) mass is 246 g/mol. The van der Waals surface area contributed by atoms with E-state index < -0.39 is 0 Å². The minimum absolute atomic E-state index is 0.0522. The molecule has 5 nitrogen and oxygen atoms in total. The molecule has 1 aliphatic rings. The normalized spacial score (nSPS) is 25.3. The Bertz CT molecular complexity index is 333. The van der Waals surface area contributed by atoms with E-state index in [1.54, 1.807) is 20.5 Å². The summed E-state index contributed by atoms with van der Waals surface area (Å²) in [6, 6.07) is 0.581. The van der Waals surface area contributed by atoms with Crippen LogP contribution in [-0.2, 0) is 15.4 Å². The molecule has 0 radical (unpaired) electrons. The molecule has 0 bridgehead atoms. The van der Waals surface area contributed by atoms with Crippen molar-refractivity contribution in [3.63, 3.8) is 0 Å². The summed E-state index contributed by atoms with van der Waals surface area (Å²) in [7, 11) is 3.36.